The molecule has 0 amide bonds. The SMILES string of the molecule is COc1cc(OC)c(C2(O)CC2)cn1. The monoisotopic (exact) mass is 195 g/mol. The number of pyridine rings is 1. The average Bonchev–Trinajstić information content (AvgIpc) is 2.96. The van der Waals surface area contributed by atoms with Gasteiger partial charge in [0.15, 0.2) is 0 Å². The molecule has 1 aliphatic rings. The number of rotatable bonds is 3. The molecule has 0 spiro atoms. The van der Waals surface area contributed by atoms with Crippen LogP contribution in [0.1, 0.15) is 18.4 Å². The van der Waals surface area contributed by atoms with Crippen molar-refractivity contribution in [2.24, 2.45) is 0 Å². The van der Waals surface area contributed by atoms with E-state index in [4.69, 9.17) is 9.47 Å². The summed E-state index contributed by atoms with van der Waals surface area (Å²) in [7, 11) is 3.12. The second-order valence-corrected chi connectivity index (χ2v) is 3.46. The van der Waals surface area contributed by atoms with E-state index in [-0.39, 0.29) is 0 Å². The quantitative estimate of drug-likeness (QED) is 0.784. The van der Waals surface area contributed by atoms with Gasteiger partial charge in [-0.25, -0.2) is 4.98 Å². The molecule has 76 valence electrons. The van der Waals surface area contributed by atoms with Crippen molar-refractivity contribution in [1.82, 2.24) is 4.98 Å². The molecule has 1 N–H and O–H groups in total. The van der Waals surface area contributed by atoms with Crippen LogP contribution < -0.4 is 9.47 Å². The normalized spacial score (nSPS) is 17.6. The Morgan fingerprint density at radius 2 is 2.07 bits per heavy atom. The van der Waals surface area contributed by atoms with Gasteiger partial charge in [-0.1, -0.05) is 0 Å². The summed E-state index contributed by atoms with van der Waals surface area (Å²) in [5, 5.41) is 9.91. The molecule has 1 aromatic rings. The summed E-state index contributed by atoms with van der Waals surface area (Å²) in [5.74, 6) is 1.13. The fourth-order valence-electron chi connectivity index (χ4n) is 1.44. The Morgan fingerprint density at radius 3 is 2.57 bits per heavy atom. The van der Waals surface area contributed by atoms with Gasteiger partial charge in [-0.3, -0.25) is 0 Å². The minimum Gasteiger partial charge on any atom is -0.496 e. The zero-order valence-corrected chi connectivity index (χ0v) is 8.28. The van der Waals surface area contributed by atoms with Crippen molar-refractivity contribution in [3.63, 3.8) is 0 Å². The number of hydrogen-bond donors (Lipinski definition) is 1. The van der Waals surface area contributed by atoms with Gasteiger partial charge in [0.1, 0.15) is 5.75 Å². The molecule has 1 aliphatic carbocycles. The fourth-order valence-corrected chi connectivity index (χ4v) is 1.44. The van der Waals surface area contributed by atoms with Crippen molar-refractivity contribution in [2.75, 3.05) is 14.2 Å². The van der Waals surface area contributed by atoms with Crippen molar-refractivity contribution >= 4 is 0 Å². The van der Waals surface area contributed by atoms with Crippen LogP contribution in [0, 0.1) is 0 Å². The Hall–Kier alpha value is -1.29. The maximum Gasteiger partial charge on any atom is 0.216 e. The Bertz CT molecular complexity index is 347. The third-order valence-electron chi connectivity index (χ3n) is 2.49. The molecular formula is C10H13NO3. The van der Waals surface area contributed by atoms with Gasteiger partial charge in [-0.2, -0.15) is 0 Å². The minimum absolute atomic E-state index is 0.495. The van der Waals surface area contributed by atoms with Crippen LogP contribution in [0.4, 0.5) is 0 Å². The molecule has 0 aromatic carbocycles. The lowest BCUT2D eigenvalue weighted by molar-refractivity contribution is 0.146. The van der Waals surface area contributed by atoms with Gasteiger partial charge in [0.25, 0.3) is 0 Å². The van der Waals surface area contributed by atoms with E-state index in [0.717, 1.165) is 18.4 Å². The van der Waals surface area contributed by atoms with Crippen molar-refractivity contribution in [2.45, 2.75) is 18.4 Å². The maximum atomic E-state index is 9.91. The predicted octanol–water partition coefficient (Wildman–Crippen LogP) is 1.08. The molecular weight excluding hydrogens is 182 g/mol. The lowest BCUT2D eigenvalue weighted by atomic mass is 10.1. The zero-order chi connectivity index (χ0) is 10.2. The largest absolute Gasteiger partial charge is 0.496 e. The molecule has 0 bridgehead atoms. The first-order valence-corrected chi connectivity index (χ1v) is 4.50. The number of methoxy groups -OCH3 is 2. The highest BCUT2D eigenvalue weighted by atomic mass is 16.5. The average molecular weight is 195 g/mol. The summed E-state index contributed by atoms with van der Waals surface area (Å²) >= 11 is 0. The molecule has 0 saturated heterocycles. The Morgan fingerprint density at radius 1 is 1.36 bits per heavy atom. The summed E-state index contributed by atoms with van der Waals surface area (Å²) < 4.78 is 10.1. The second-order valence-electron chi connectivity index (χ2n) is 3.46. The van der Waals surface area contributed by atoms with Crippen LogP contribution in [0.15, 0.2) is 12.3 Å². The lowest BCUT2D eigenvalue weighted by Crippen LogP contribution is -2.07. The van der Waals surface area contributed by atoms with E-state index in [1.165, 1.54) is 0 Å². The molecule has 1 heterocycles. The first-order valence-electron chi connectivity index (χ1n) is 4.50. The highest BCUT2D eigenvalue weighted by Gasteiger charge is 2.44. The van der Waals surface area contributed by atoms with Gasteiger partial charge in [-0.15, -0.1) is 0 Å². The Balaban J connectivity index is 2.40. The highest BCUT2D eigenvalue weighted by Crippen LogP contribution is 2.48. The summed E-state index contributed by atoms with van der Waals surface area (Å²) in [4.78, 5) is 4.05. The third-order valence-corrected chi connectivity index (χ3v) is 2.49. The van der Waals surface area contributed by atoms with E-state index in [1.54, 1.807) is 26.5 Å². The number of hydrogen-bond acceptors (Lipinski definition) is 4. The second kappa shape index (κ2) is 3.13. The molecule has 1 saturated carbocycles. The van der Waals surface area contributed by atoms with Gasteiger partial charge in [-0.05, 0) is 12.8 Å². The van der Waals surface area contributed by atoms with Gasteiger partial charge in [0, 0.05) is 17.8 Å². The van der Waals surface area contributed by atoms with E-state index >= 15 is 0 Å². The molecule has 2 rings (SSSR count). The van der Waals surface area contributed by atoms with Crippen LogP contribution in [0.25, 0.3) is 0 Å². The smallest absolute Gasteiger partial charge is 0.216 e. The van der Waals surface area contributed by atoms with Crippen LogP contribution in [0.3, 0.4) is 0 Å². The molecule has 0 unspecified atom stereocenters. The molecule has 4 nitrogen and oxygen atoms in total. The molecule has 1 fully saturated rings. The first-order chi connectivity index (χ1) is 6.69. The fraction of sp³-hybridized carbons (Fsp3) is 0.500. The molecule has 1 aromatic heterocycles. The molecule has 0 radical (unpaired) electrons. The summed E-state index contributed by atoms with van der Waals surface area (Å²) in [5.41, 5.74) is 0.0331. The summed E-state index contributed by atoms with van der Waals surface area (Å²) in [6.07, 6.45) is 3.17. The maximum absolute atomic E-state index is 9.91. The van der Waals surface area contributed by atoms with Gasteiger partial charge in [0.05, 0.1) is 19.8 Å². The topological polar surface area (TPSA) is 51.6 Å². The van der Waals surface area contributed by atoms with Crippen molar-refractivity contribution in [3.05, 3.63) is 17.8 Å². The number of aliphatic hydroxyl groups is 1. The number of aromatic nitrogens is 1. The van der Waals surface area contributed by atoms with Crippen LogP contribution >= 0.6 is 0 Å². The highest BCUT2D eigenvalue weighted by molar-refractivity contribution is 5.41. The van der Waals surface area contributed by atoms with Crippen LogP contribution in [0.5, 0.6) is 11.6 Å². The van der Waals surface area contributed by atoms with Gasteiger partial charge >= 0.3 is 0 Å². The van der Waals surface area contributed by atoms with Crippen LogP contribution in [-0.2, 0) is 5.60 Å². The van der Waals surface area contributed by atoms with Crippen molar-refractivity contribution in [3.8, 4) is 11.6 Å². The van der Waals surface area contributed by atoms with Crippen molar-refractivity contribution in [1.29, 1.82) is 0 Å². The van der Waals surface area contributed by atoms with Gasteiger partial charge < -0.3 is 14.6 Å². The predicted molar refractivity (Wildman–Crippen MR) is 50.5 cm³/mol. The molecule has 14 heavy (non-hydrogen) atoms. The number of ether oxygens (including phenoxy) is 2. The van der Waals surface area contributed by atoms with E-state index in [9.17, 15) is 5.11 Å². The molecule has 0 aliphatic heterocycles. The summed E-state index contributed by atoms with van der Waals surface area (Å²) in [6.45, 7) is 0. The first kappa shape index (κ1) is 9.27. The van der Waals surface area contributed by atoms with Gasteiger partial charge in [0.2, 0.25) is 5.88 Å². The lowest BCUT2D eigenvalue weighted by Gasteiger charge is -2.13. The van der Waals surface area contributed by atoms with E-state index in [1.807, 2.05) is 0 Å². The standard InChI is InChI=1S/C10H13NO3/c1-13-8-5-9(14-2)11-6-7(8)10(12)3-4-10/h5-6,12H,3-4H2,1-2H3. The van der Waals surface area contributed by atoms with E-state index in [0.29, 0.717) is 11.6 Å². The third kappa shape index (κ3) is 1.42. The van der Waals surface area contributed by atoms with E-state index < -0.39 is 5.60 Å². The molecule has 0 atom stereocenters. The Kier molecular flexibility index (Phi) is 2.07. The Labute approximate surface area is 82.5 Å². The molecule has 4 heteroatoms. The van der Waals surface area contributed by atoms with E-state index in [2.05, 4.69) is 4.98 Å². The van der Waals surface area contributed by atoms with Crippen molar-refractivity contribution < 1.29 is 14.6 Å². The zero-order valence-electron chi connectivity index (χ0n) is 8.28. The number of nitrogens with zero attached hydrogens (tertiary/aromatic N) is 1. The summed E-state index contributed by atoms with van der Waals surface area (Å²) in [6, 6.07) is 1.69. The van der Waals surface area contributed by atoms with Crippen LogP contribution in [-0.4, -0.2) is 24.3 Å². The minimum atomic E-state index is -0.718. The van der Waals surface area contributed by atoms with Crippen LogP contribution in [0.2, 0.25) is 0 Å².